The summed E-state index contributed by atoms with van der Waals surface area (Å²) < 4.78 is 32.1. The molecule has 0 aliphatic carbocycles. The van der Waals surface area contributed by atoms with Crippen molar-refractivity contribution < 1.29 is 23.1 Å². The first-order valence-electron chi connectivity index (χ1n) is 9.47. The molecule has 1 saturated heterocycles. The fourth-order valence-corrected chi connectivity index (χ4v) is 3.78. The van der Waals surface area contributed by atoms with Gasteiger partial charge in [-0.05, 0) is 25.1 Å². The van der Waals surface area contributed by atoms with Crippen LogP contribution in [0.25, 0.3) is 0 Å². The van der Waals surface area contributed by atoms with Gasteiger partial charge in [-0.1, -0.05) is 6.07 Å². The molecule has 152 valence electrons. The van der Waals surface area contributed by atoms with E-state index in [1.54, 1.807) is 11.0 Å². The molecule has 2 aromatic carbocycles. The summed E-state index contributed by atoms with van der Waals surface area (Å²) in [6, 6.07) is 8.68. The predicted molar refractivity (Wildman–Crippen MR) is 104 cm³/mol. The van der Waals surface area contributed by atoms with Crippen LogP contribution in [0.5, 0.6) is 5.75 Å². The number of hydrogen-bond donors (Lipinski definition) is 1. The summed E-state index contributed by atoms with van der Waals surface area (Å²) in [5.74, 6) is -1.05. The van der Waals surface area contributed by atoms with Gasteiger partial charge in [-0.15, -0.1) is 0 Å². The molecular formula is C21H21F2N3O3. The lowest BCUT2D eigenvalue weighted by Gasteiger charge is -2.41. The van der Waals surface area contributed by atoms with Gasteiger partial charge >= 0.3 is 5.97 Å². The lowest BCUT2D eigenvalue weighted by atomic mass is 10.1. The van der Waals surface area contributed by atoms with Crippen molar-refractivity contribution in [1.82, 2.24) is 4.90 Å². The maximum atomic E-state index is 13.5. The Morgan fingerprint density at radius 1 is 1.17 bits per heavy atom. The molecule has 0 spiro atoms. The first-order valence-corrected chi connectivity index (χ1v) is 9.47. The first-order chi connectivity index (χ1) is 13.9. The minimum atomic E-state index is -0.615. The third-order valence-electron chi connectivity index (χ3n) is 5.23. The highest BCUT2D eigenvalue weighted by Gasteiger charge is 2.28. The smallest absolute Gasteiger partial charge is 0.315 e. The Morgan fingerprint density at radius 2 is 1.93 bits per heavy atom. The standard InChI is InChI=1S/C21H21F2N3O3/c1-13-12-25(18-8-15(22)7-16(23)9-18)4-5-26(13)20(27)11-24-17-3-2-14-6-21(28)29-19(14)10-17/h2-3,7-10,13,24H,4-6,11-12H2,1H3/t13-/m1/s1. The highest BCUT2D eigenvalue weighted by molar-refractivity contribution is 5.83. The second-order valence-electron chi connectivity index (χ2n) is 7.34. The van der Waals surface area contributed by atoms with Crippen LogP contribution in [0, 0.1) is 11.6 Å². The number of anilines is 2. The molecule has 1 atom stereocenters. The number of halogens is 2. The molecule has 2 aromatic rings. The number of amides is 1. The van der Waals surface area contributed by atoms with Crippen LogP contribution in [-0.4, -0.2) is 49.0 Å². The molecule has 0 bridgehead atoms. The van der Waals surface area contributed by atoms with Gasteiger partial charge in [0.1, 0.15) is 17.4 Å². The number of ether oxygens (including phenoxy) is 1. The van der Waals surface area contributed by atoms with Crippen molar-refractivity contribution in [2.24, 2.45) is 0 Å². The molecule has 1 fully saturated rings. The van der Waals surface area contributed by atoms with Gasteiger partial charge in [-0.2, -0.15) is 0 Å². The Morgan fingerprint density at radius 3 is 2.66 bits per heavy atom. The van der Waals surface area contributed by atoms with Crippen LogP contribution in [0.1, 0.15) is 12.5 Å². The lowest BCUT2D eigenvalue weighted by molar-refractivity contribution is -0.132. The number of piperazine rings is 1. The van der Waals surface area contributed by atoms with Gasteiger partial charge in [0.15, 0.2) is 0 Å². The van der Waals surface area contributed by atoms with E-state index in [4.69, 9.17) is 4.74 Å². The van der Waals surface area contributed by atoms with Gasteiger partial charge in [0.25, 0.3) is 0 Å². The van der Waals surface area contributed by atoms with Crippen molar-refractivity contribution >= 4 is 23.3 Å². The summed E-state index contributed by atoms with van der Waals surface area (Å²) >= 11 is 0. The summed E-state index contributed by atoms with van der Waals surface area (Å²) in [6.07, 6.45) is 0.269. The molecule has 6 nitrogen and oxygen atoms in total. The summed E-state index contributed by atoms with van der Waals surface area (Å²) in [5.41, 5.74) is 2.02. The third kappa shape index (κ3) is 4.16. The zero-order valence-corrected chi connectivity index (χ0v) is 16.0. The van der Waals surface area contributed by atoms with Crippen LogP contribution < -0.4 is 15.0 Å². The largest absolute Gasteiger partial charge is 0.426 e. The van der Waals surface area contributed by atoms with Crippen molar-refractivity contribution in [3.63, 3.8) is 0 Å². The SMILES string of the molecule is C[C@@H]1CN(c2cc(F)cc(F)c2)CCN1C(=O)CNc1ccc2c(c1)OC(=O)C2. The fraction of sp³-hybridized carbons (Fsp3) is 0.333. The maximum Gasteiger partial charge on any atom is 0.315 e. The Hall–Kier alpha value is -3.16. The van der Waals surface area contributed by atoms with E-state index in [1.165, 1.54) is 12.1 Å². The molecular weight excluding hydrogens is 380 g/mol. The molecule has 2 heterocycles. The average Bonchev–Trinajstić information content (AvgIpc) is 3.04. The molecule has 0 saturated carbocycles. The third-order valence-corrected chi connectivity index (χ3v) is 5.23. The summed E-state index contributed by atoms with van der Waals surface area (Å²) in [4.78, 5) is 27.6. The van der Waals surface area contributed by atoms with E-state index in [2.05, 4.69) is 5.32 Å². The number of nitrogens with zero attached hydrogens (tertiary/aromatic N) is 2. The number of carbonyl (C=O) groups is 2. The summed E-state index contributed by atoms with van der Waals surface area (Å²) in [6.45, 7) is 3.46. The highest BCUT2D eigenvalue weighted by atomic mass is 19.1. The molecule has 0 unspecified atom stereocenters. The van der Waals surface area contributed by atoms with E-state index in [-0.39, 0.29) is 30.9 Å². The summed E-state index contributed by atoms with van der Waals surface area (Å²) in [7, 11) is 0. The number of carbonyl (C=O) groups excluding carboxylic acids is 2. The minimum Gasteiger partial charge on any atom is -0.426 e. The van der Waals surface area contributed by atoms with Crippen LogP contribution in [0.4, 0.5) is 20.2 Å². The van der Waals surface area contributed by atoms with Crippen molar-refractivity contribution in [3.05, 3.63) is 53.6 Å². The second-order valence-corrected chi connectivity index (χ2v) is 7.34. The van der Waals surface area contributed by atoms with Gasteiger partial charge in [0, 0.05) is 54.7 Å². The zero-order valence-electron chi connectivity index (χ0n) is 16.0. The average molecular weight is 401 g/mol. The van der Waals surface area contributed by atoms with Gasteiger partial charge in [0.2, 0.25) is 5.91 Å². The number of esters is 1. The van der Waals surface area contributed by atoms with Crippen molar-refractivity contribution in [1.29, 1.82) is 0 Å². The monoisotopic (exact) mass is 401 g/mol. The predicted octanol–water partition coefficient (Wildman–Crippen LogP) is 2.58. The van der Waals surface area contributed by atoms with E-state index < -0.39 is 11.6 Å². The van der Waals surface area contributed by atoms with Crippen LogP contribution in [-0.2, 0) is 16.0 Å². The topological polar surface area (TPSA) is 61.9 Å². The molecule has 4 rings (SSSR count). The number of benzene rings is 2. The van der Waals surface area contributed by atoms with Crippen LogP contribution in [0.15, 0.2) is 36.4 Å². The number of fused-ring (bicyclic) bond motifs is 1. The Labute approximate surface area is 167 Å². The van der Waals surface area contributed by atoms with E-state index in [0.717, 1.165) is 11.6 Å². The second kappa shape index (κ2) is 7.69. The highest BCUT2D eigenvalue weighted by Crippen LogP contribution is 2.29. The Balaban J connectivity index is 1.34. The fourth-order valence-electron chi connectivity index (χ4n) is 3.78. The molecule has 0 radical (unpaired) electrons. The van der Waals surface area contributed by atoms with E-state index in [1.807, 2.05) is 24.0 Å². The zero-order chi connectivity index (χ0) is 20.5. The van der Waals surface area contributed by atoms with Crippen LogP contribution in [0.2, 0.25) is 0 Å². The minimum absolute atomic E-state index is 0.0694. The van der Waals surface area contributed by atoms with Crippen LogP contribution in [0.3, 0.4) is 0 Å². The van der Waals surface area contributed by atoms with E-state index in [0.29, 0.717) is 36.8 Å². The molecule has 29 heavy (non-hydrogen) atoms. The number of hydrogen-bond acceptors (Lipinski definition) is 5. The first kappa shape index (κ1) is 19.2. The molecule has 0 aromatic heterocycles. The molecule has 1 N–H and O–H groups in total. The van der Waals surface area contributed by atoms with Gasteiger partial charge in [-0.3, -0.25) is 9.59 Å². The van der Waals surface area contributed by atoms with Gasteiger partial charge in [0.05, 0.1) is 13.0 Å². The van der Waals surface area contributed by atoms with Crippen LogP contribution >= 0.6 is 0 Å². The Kier molecular flexibility index (Phi) is 5.08. The maximum absolute atomic E-state index is 13.5. The Bertz CT molecular complexity index is 946. The normalized spacial score (nSPS) is 18.4. The molecule has 8 heteroatoms. The van der Waals surface area contributed by atoms with Crippen molar-refractivity contribution in [2.75, 3.05) is 36.4 Å². The molecule has 2 aliphatic rings. The van der Waals surface area contributed by atoms with Gasteiger partial charge in [-0.25, -0.2) is 8.78 Å². The van der Waals surface area contributed by atoms with Crippen molar-refractivity contribution in [2.45, 2.75) is 19.4 Å². The molecule has 1 amide bonds. The number of nitrogens with one attached hydrogen (secondary N) is 1. The lowest BCUT2D eigenvalue weighted by Crippen LogP contribution is -2.55. The van der Waals surface area contributed by atoms with Crippen molar-refractivity contribution in [3.8, 4) is 5.75 Å². The number of rotatable bonds is 4. The molecule has 2 aliphatic heterocycles. The van der Waals surface area contributed by atoms with Gasteiger partial charge < -0.3 is 19.9 Å². The summed E-state index contributed by atoms with van der Waals surface area (Å²) in [5, 5.41) is 3.07. The quantitative estimate of drug-likeness (QED) is 0.630. The van der Waals surface area contributed by atoms with E-state index >= 15 is 0 Å². The van der Waals surface area contributed by atoms with E-state index in [9.17, 15) is 18.4 Å².